The summed E-state index contributed by atoms with van der Waals surface area (Å²) in [4.78, 5) is 10.7. The first-order chi connectivity index (χ1) is 5.59. The zero-order valence-corrected chi connectivity index (χ0v) is 10.9. The fraction of sp³-hybridized carbons (Fsp3) is 0.833. The summed E-state index contributed by atoms with van der Waals surface area (Å²) in [6, 6.07) is -0.391. The molecule has 0 aliphatic rings. The van der Waals surface area contributed by atoms with E-state index in [9.17, 15) is 4.79 Å². The summed E-state index contributed by atoms with van der Waals surface area (Å²) in [7, 11) is 0. The van der Waals surface area contributed by atoms with Gasteiger partial charge in [-0.1, -0.05) is 0 Å². The number of hydrogen-bond acceptors (Lipinski definition) is 3. The highest BCUT2D eigenvalue weighted by molar-refractivity contribution is 14.2. The van der Waals surface area contributed by atoms with E-state index >= 15 is 0 Å². The Labute approximate surface area is 99.9 Å². The van der Waals surface area contributed by atoms with E-state index in [-0.39, 0.29) is 0 Å². The highest BCUT2D eigenvalue weighted by atomic mass is 127. The average molecular weight is 398 g/mol. The summed E-state index contributed by atoms with van der Waals surface area (Å²) < 4.78 is 1.66. The lowest BCUT2D eigenvalue weighted by atomic mass is 10.1. The predicted octanol–water partition coefficient (Wildman–Crippen LogP) is 1.57. The van der Waals surface area contributed by atoms with Crippen molar-refractivity contribution in [2.45, 2.75) is 25.3 Å². The Balaban J connectivity index is 3.72. The number of halogens is 2. The minimum absolute atomic E-state index is 0.391. The van der Waals surface area contributed by atoms with Crippen LogP contribution in [0, 0.1) is 0 Å². The van der Waals surface area contributed by atoms with E-state index in [1.54, 1.807) is 1.33 Å². The monoisotopic (exact) mass is 398 g/mol. The smallest absolute Gasteiger partial charge is 0.322 e. The second-order valence-corrected chi connectivity index (χ2v) is 6.32. The van der Waals surface area contributed by atoms with Crippen molar-refractivity contribution in [1.82, 2.24) is 1.33 Å². The normalized spacial score (nSPS) is 13.3. The van der Waals surface area contributed by atoms with Crippen LogP contribution in [0.3, 0.4) is 0 Å². The highest BCUT2D eigenvalue weighted by Crippen LogP contribution is 2.18. The fourth-order valence-corrected chi connectivity index (χ4v) is 1.82. The van der Waals surface area contributed by atoms with Gasteiger partial charge in [0.05, 0.1) is 0 Å². The number of unbranched alkanes of at least 4 members (excludes halogenated alkanes) is 1. The van der Waals surface area contributed by atoms with Crippen molar-refractivity contribution in [2.24, 2.45) is 5.73 Å². The van der Waals surface area contributed by atoms with Crippen molar-refractivity contribution >= 4 is 51.7 Å². The molecule has 0 radical (unpaired) electrons. The molecule has 0 fully saturated rings. The lowest BCUT2D eigenvalue weighted by molar-refractivity contribution is -0.139. The summed E-state index contributed by atoms with van der Waals surface area (Å²) >= 11 is 3.96. The van der Waals surface area contributed by atoms with Gasteiger partial charge in [0.25, 0.3) is 0 Å². The lowest BCUT2D eigenvalue weighted by Crippen LogP contribution is -2.28. The third kappa shape index (κ3) is 5.49. The lowest BCUT2D eigenvalue weighted by Gasteiger charge is -2.15. The van der Waals surface area contributed by atoms with Gasteiger partial charge in [-0.2, -0.15) is 1.33 Å². The van der Waals surface area contributed by atoms with E-state index in [1.807, 2.05) is 45.7 Å². The van der Waals surface area contributed by atoms with Crippen molar-refractivity contribution in [2.75, 3.05) is 6.54 Å². The standard InChI is InChI=1S/C6H12I2N2O2/c7-10(8)5(6(11)12)3-1-2-4-9/h5H,1-4,9H2,(H,11,12). The Morgan fingerprint density at radius 1 is 1.50 bits per heavy atom. The van der Waals surface area contributed by atoms with Crippen LogP contribution in [0.25, 0.3) is 0 Å². The molecule has 6 heteroatoms. The van der Waals surface area contributed by atoms with Gasteiger partial charge in [-0.15, -0.1) is 0 Å². The molecule has 0 aromatic rings. The third-order valence-electron chi connectivity index (χ3n) is 1.45. The Bertz CT molecular complexity index is 144. The predicted molar refractivity (Wildman–Crippen MR) is 64.2 cm³/mol. The molecule has 0 saturated carbocycles. The Hall–Kier alpha value is 0.850. The molecule has 4 nitrogen and oxygen atoms in total. The summed E-state index contributed by atoms with van der Waals surface area (Å²) in [5, 5.41) is 8.76. The largest absolute Gasteiger partial charge is 0.480 e. The Morgan fingerprint density at radius 3 is 2.42 bits per heavy atom. The summed E-state index contributed by atoms with van der Waals surface area (Å²) in [5.74, 6) is -0.768. The minimum atomic E-state index is -0.768. The maximum absolute atomic E-state index is 10.7. The Kier molecular flexibility index (Phi) is 7.79. The quantitative estimate of drug-likeness (QED) is 0.405. The van der Waals surface area contributed by atoms with Crippen molar-refractivity contribution in [3.8, 4) is 0 Å². The topological polar surface area (TPSA) is 66.6 Å². The van der Waals surface area contributed by atoms with Gasteiger partial charge in [-0.3, -0.25) is 4.79 Å². The van der Waals surface area contributed by atoms with E-state index < -0.39 is 12.0 Å². The van der Waals surface area contributed by atoms with Crippen LogP contribution in [0.5, 0.6) is 0 Å². The van der Waals surface area contributed by atoms with E-state index in [0.717, 1.165) is 12.8 Å². The molecule has 1 unspecified atom stereocenters. The van der Waals surface area contributed by atoms with Crippen LogP contribution < -0.4 is 5.73 Å². The number of nitrogens with zero attached hydrogens (tertiary/aromatic N) is 1. The van der Waals surface area contributed by atoms with Gasteiger partial charge in [0.15, 0.2) is 0 Å². The van der Waals surface area contributed by atoms with Gasteiger partial charge in [0.1, 0.15) is 6.04 Å². The van der Waals surface area contributed by atoms with Crippen LogP contribution >= 0.6 is 45.7 Å². The molecule has 0 amide bonds. The van der Waals surface area contributed by atoms with E-state index in [1.165, 1.54) is 0 Å². The molecule has 0 bridgehead atoms. The molecule has 0 aliphatic heterocycles. The fourth-order valence-electron chi connectivity index (χ4n) is 0.787. The van der Waals surface area contributed by atoms with Crippen molar-refractivity contribution < 1.29 is 9.90 Å². The molecule has 0 aromatic carbocycles. The number of carboxylic acids is 1. The van der Waals surface area contributed by atoms with E-state index in [4.69, 9.17) is 10.8 Å². The number of aliphatic carboxylic acids is 1. The molecule has 0 aromatic heterocycles. The molecule has 0 spiro atoms. The molecule has 0 rings (SSSR count). The molecular weight excluding hydrogens is 386 g/mol. The van der Waals surface area contributed by atoms with Gasteiger partial charge in [0.2, 0.25) is 0 Å². The molecule has 72 valence electrons. The van der Waals surface area contributed by atoms with Gasteiger partial charge < -0.3 is 10.8 Å². The first-order valence-electron chi connectivity index (χ1n) is 3.63. The van der Waals surface area contributed by atoms with Crippen LogP contribution in [0.1, 0.15) is 19.3 Å². The summed E-state index contributed by atoms with van der Waals surface area (Å²) in [6.45, 7) is 0.634. The number of nitrogens with two attached hydrogens (primary N) is 1. The molecule has 1 atom stereocenters. The highest BCUT2D eigenvalue weighted by Gasteiger charge is 2.21. The van der Waals surface area contributed by atoms with Crippen molar-refractivity contribution in [3.05, 3.63) is 0 Å². The molecule has 0 aliphatic carbocycles. The van der Waals surface area contributed by atoms with Crippen LogP contribution in [0.4, 0.5) is 0 Å². The first kappa shape index (κ1) is 12.8. The maximum Gasteiger partial charge on any atom is 0.322 e. The van der Waals surface area contributed by atoms with Crippen molar-refractivity contribution in [1.29, 1.82) is 0 Å². The van der Waals surface area contributed by atoms with Crippen molar-refractivity contribution in [3.63, 3.8) is 0 Å². The number of rotatable bonds is 6. The van der Waals surface area contributed by atoms with E-state index in [2.05, 4.69) is 0 Å². The van der Waals surface area contributed by atoms with E-state index in [0.29, 0.717) is 13.0 Å². The zero-order chi connectivity index (χ0) is 9.56. The Morgan fingerprint density at radius 2 is 2.08 bits per heavy atom. The van der Waals surface area contributed by atoms with Gasteiger partial charge >= 0.3 is 5.97 Å². The number of carbonyl (C=O) groups is 1. The molecular formula is C6H12I2N2O2. The van der Waals surface area contributed by atoms with Crippen LogP contribution in [0.2, 0.25) is 0 Å². The van der Waals surface area contributed by atoms with Gasteiger partial charge in [0, 0.05) is 45.7 Å². The minimum Gasteiger partial charge on any atom is -0.480 e. The first-order valence-corrected chi connectivity index (χ1v) is 5.56. The third-order valence-corrected chi connectivity index (χ3v) is 2.80. The number of carboxylic acid groups (broad SMARTS) is 1. The number of hydrogen-bond donors (Lipinski definition) is 2. The van der Waals surface area contributed by atoms with Crippen LogP contribution in [-0.2, 0) is 4.79 Å². The molecule has 12 heavy (non-hydrogen) atoms. The summed E-state index contributed by atoms with van der Waals surface area (Å²) in [6.07, 6.45) is 2.43. The molecule has 0 saturated heterocycles. The van der Waals surface area contributed by atoms with Gasteiger partial charge in [-0.25, -0.2) is 0 Å². The maximum atomic E-state index is 10.7. The average Bonchev–Trinajstić information content (AvgIpc) is 1.96. The molecule has 0 heterocycles. The zero-order valence-electron chi connectivity index (χ0n) is 6.54. The second-order valence-electron chi connectivity index (χ2n) is 2.40. The van der Waals surface area contributed by atoms with Crippen LogP contribution in [0.15, 0.2) is 0 Å². The molecule has 3 N–H and O–H groups in total. The SMILES string of the molecule is NCCCCC(C(=O)O)N(I)I. The van der Waals surface area contributed by atoms with Crippen LogP contribution in [-0.4, -0.2) is 25.0 Å². The summed E-state index contributed by atoms with van der Waals surface area (Å²) in [5.41, 5.74) is 5.30. The second kappa shape index (κ2) is 7.27. The van der Waals surface area contributed by atoms with Gasteiger partial charge in [-0.05, 0) is 25.8 Å².